The van der Waals surface area contributed by atoms with Crippen LogP contribution in [0.1, 0.15) is 43.0 Å². The SMILES string of the molecule is O=C(NC1CCCCC1)C(c1cccs1)N(C(=O)CCl)c1cccc2ccccc12. The number of fused-ring (bicyclic) bond motifs is 1. The molecule has 0 aliphatic heterocycles. The average Bonchev–Trinajstić information content (AvgIpc) is 3.31. The number of hydrogen-bond acceptors (Lipinski definition) is 3. The van der Waals surface area contributed by atoms with Gasteiger partial charge in [0.15, 0.2) is 0 Å². The van der Waals surface area contributed by atoms with E-state index >= 15 is 0 Å². The molecule has 1 aliphatic carbocycles. The molecule has 1 aliphatic rings. The Morgan fingerprint density at radius 3 is 2.53 bits per heavy atom. The van der Waals surface area contributed by atoms with Gasteiger partial charge in [0, 0.05) is 16.3 Å². The van der Waals surface area contributed by atoms with Crippen LogP contribution in [0, 0.1) is 0 Å². The van der Waals surface area contributed by atoms with Crippen LogP contribution in [-0.4, -0.2) is 23.7 Å². The van der Waals surface area contributed by atoms with E-state index in [-0.39, 0.29) is 23.7 Å². The molecular formula is C24H25ClN2O2S. The van der Waals surface area contributed by atoms with Crippen LogP contribution in [-0.2, 0) is 9.59 Å². The number of halogens is 1. The van der Waals surface area contributed by atoms with Gasteiger partial charge in [-0.1, -0.05) is 61.7 Å². The van der Waals surface area contributed by atoms with Crippen LogP contribution in [0.2, 0.25) is 0 Å². The second-order valence-corrected chi connectivity index (χ2v) is 8.90. The highest BCUT2D eigenvalue weighted by Crippen LogP contribution is 2.35. The van der Waals surface area contributed by atoms with Crippen molar-refractivity contribution < 1.29 is 9.59 Å². The standard InChI is InChI=1S/C24H25ClN2O2S/c25-16-22(28)27(20-13-6-9-17-8-4-5-12-19(17)20)23(21-14-7-15-30-21)24(29)26-18-10-2-1-3-11-18/h4-9,12-15,18,23H,1-3,10-11,16H2,(H,26,29). The minimum Gasteiger partial charge on any atom is -0.351 e. The topological polar surface area (TPSA) is 49.4 Å². The second kappa shape index (κ2) is 9.63. The zero-order valence-electron chi connectivity index (χ0n) is 16.7. The zero-order chi connectivity index (χ0) is 20.9. The maximum Gasteiger partial charge on any atom is 0.248 e. The molecule has 1 fully saturated rings. The fourth-order valence-electron chi connectivity index (χ4n) is 4.25. The molecule has 1 heterocycles. The Hall–Kier alpha value is -2.37. The van der Waals surface area contributed by atoms with Crippen LogP contribution in [0.15, 0.2) is 60.0 Å². The number of rotatable bonds is 6. The third-order valence-electron chi connectivity index (χ3n) is 5.68. The first-order valence-electron chi connectivity index (χ1n) is 10.4. The van der Waals surface area contributed by atoms with Crippen LogP contribution in [0.5, 0.6) is 0 Å². The summed E-state index contributed by atoms with van der Waals surface area (Å²) < 4.78 is 0. The largest absolute Gasteiger partial charge is 0.351 e. The van der Waals surface area contributed by atoms with Crippen molar-refractivity contribution >= 4 is 51.2 Å². The van der Waals surface area contributed by atoms with Gasteiger partial charge in [-0.25, -0.2) is 0 Å². The number of nitrogens with one attached hydrogen (secondary N) is 1. The maximum atomic E-state index is 13.5. The molecule has 4 nitrogen and oxygen atoms in total. The Morgan fingerprint density at radius 2 is 1.80 bits per heavy atom. The number of nitrogens with zero attached hydrogens (tertiary/aromatic N) is 1. The van der Waals surface area contributed by atoms with E-state index in [1.54, 1.807) is 4.90 Å². The summed E-state index contributed by atoms with van der Waals surface area (Å²) in [6, 6.07) is 16.9. The quantitative estimate of drug-likeness (QED) is 0.502. The van der Waals surface area contributed by atoms with Gasteiger partial charge in [0.2, 0.25) is 11.8 Å². The number of hydrogen-bond donors (Lipinski definition) is 1. The van der Waals surface area contributed by atoms with Gasteiger partial charge in [0.1, 0.15) is 11.9 Å². The lowest BCUT2D eigenvalue weighted by Crippen LogP contribution is -2.47. The number of anilines is 1. The van der Waals surface area contributed by atoms with Crippen LogP contribution in [0.25, 0.3) is 10.8 Å². The molecule has 2 aromatic carbocycles. The summed E-state index contributed by atoms with van der Waals surface area (Å²) in [6.07, 6.45) is 5.44. The summed E-state index contributed by atoms with van der Waals surface area (Å²) in [5.74, 6) is -0.622. The van der Waals surface area contributed by atoms with Crippen molar-refractivity contribution in [2.75, 3.05) is 10.8 Å². The van der Waals surface area contributed by atoms with Crippen molar-refractivity contribution in [3.05, 3.63) is 64.9 Å². The lowest BCUT2D eigenvalue weighted by molar-refractivity contribution is -0.126. The highest BCUT2D eigenvalue weighted by atomic mass is 35.5. The molecule has 2 amide bonds. The second-order valence-electron chi connectivity index (χ2n) is 7.66. The number of carbonyl (C=O) groups is 2. The van der Waals surface area contributed by atoms with Crippen molar-refractivity contribution in [1.29, 1.82) is 0 Å². The van der Waals surface area contributed by atoms with Gasteiger partial charge >= 0.3 is 0 Å². The van der Waals surface area contributed by atoms with Gasteiger partial charge in [-0.2, -0.15) is 0 Å². The van der Waals surface area contributed by atoms with E-state index in [1.807, 2.05) is 60.0 Å². The molecule has 1 atom stereocenters. The molecule has 30 heavy (non-hydrogen) atoms. The first-order valence-corrected chi connectivity index (χ1v) is 11.8. The van der Waals surface area contributed by atoms with Crippen molar-refractivity contribution in [3.63, 3.8) is 0 Å². The van der Waals surface area contributed by atoms with Gasteiger partial charge in [-0.3, -0.25) is 14.5 Å². The molecule has 1 aromatic heterocycles. The average molecular weight is 441 g/mol. The Balaban J connectivity index is 1.78. The van der Waals surface area contributed by atoms with Gasteiger partial charge < -0.3 is 5.32 Å². The van der Waals surface area contributed by atoms with Crippen LogP contribution in [0.4, 0.5) is 5.69 Å². The molecule has 6 heteroatoms. The third-order valence-corrected chi connectivity index (χ3v) is 6.83. The molecule has 4 rings (SSSR count). The van der Waals surface area contributed by atoms with Crippen molar-refractivity contribution in [2.45, 2.75) is 44.2 Å². The molecular weight excluding hydrogens is 416 g/mol. The number of benzene rings is 2. The van der Waals surface area contributed by atoms with Gasteiger partial charge in [0.25, 0.3) is 0 Å². The Morgan fingerprint density at radius 1 is 1.03 bits per heavy atom. The highest BCUT2D eigenvalue weighted by Gasteiger charge is 2.35. The summed E-state index contributed by atoms with van der Waals surface area (Å²) >= 11 is 7.51. The zero-order valence-corrected chi connectivity index (χ0v) is 18.3. The molecule has 1 saturated carbocycles. The monoisotopic (exact) mass is 440 g/mol. The van der Waals surface area contributed by atoms with Crippen LogP contribution < -0.4 is 10.2 Å². The van der Waals surface area contributed by atoms with E-state index in [0.717, 1.165) is 41.3 Å². The van der Waals surface area contributed by atoms with Gasteiger partial charge in [0.05, 0.1) is 5.69 Å². The summed E-state index contributed by atoms with van der Waals surface area (Å²) in [6.45, 7) is 0. The molecule has 3 aromatic rings. The van der Waals surface area contributed by atoms with Gasteiger partial charge in [-0.15, -0.1) is 22.9 Å². The minimum absolute atomic E-state index is 0.143. The molecule has 0 spiro atoms. The Labute approximate surface area is 185 Å². The number of carbonyl (C=O) groups excluding carboxylic acids is 2. The lowest BCUT2D eigenvalue weighted by atomic mass is 9.95. The Kier molecular flexibility index (Phi) is 6.70. The van der Waals surface area contributed by atoms with E-state index in [2.05, 4.69) is 5.32 Å². The fraction of sp³-hybridized carbons (Fsp3) is 0.333. The Bertz CT molecular complexity index is 1010. The summed E-state index contributed by atoms with van der Waals surface area (Å²) in [5.41, 5.74) is 0.705. The maximum absolute atomic E-state index is 13.5. The van der Waals surface area contributed by atoms with E-state index < -0.39 is 6.04 Å². The van der Waals surface area contributed by atoms with E-state index in [4.69, 9.17) is 11.6 Å². The first-order chi connectivity index (χ1) is 14.7. The predicted molar refractivity (Wildman–Crippen MR) is 124 cm³/mol. The molecule has 1 N–H and O–H groups in total. The van der Waals surface area contributed by atoms with Crippen LogP contribution >= 0.6 is 22.9 Å². The van der Waals surface area contributed by atoms with Crippen molar-refractivity contribution in [1.82, 2.24) is 5.32 Å². The van der Waals surface area contributed by atoms with Crippen LogP contribution in [0.3, 0.4) is 0 Å². The van der Waals surface area contributed by atoms with Crippen molar-refractivity contribution in [3.8, 4) is 0 Å². The molecule has 1 unspecified atom stereocenters. The normalized spacial score (nSPS) is 15.6. The minimum atomic E-state index is -0.746. The number of thiophene rings is 1. The predicted octanol–water partition coefficient (Wildman–Crippen LogP) is 5.66. The molecule has 156 valence electrons. The number of amides is 2. The van der Waals surface area contributed by atoms with Gasteiger partial charge in [-0.05, 0) is 35.7 Å². The fourth-order valence-corrected chi connectivity index (χ4v) is 5.19. The third kappa shape index (κ3) is 4.37. The highest BCUT2D eigenvalue weighted by molar-refractivity contribution is 7.10. The lowest BCUT2D eigenvalue weighted by Gasteiger charge is -2.33. The van der Waals surface area contributed by atoms with E-state index in [9.17, 15) is 9.59 Å². The summed E-state index contributed by atoms with van der Waals surface area (Å²) in [4.78, 5) is 29.1. The smallest absolute Gasteiger partial charge is 0.248 e. The summed E-state index contributed by atoms with van der Waals surface area (Å²) in [5, 5.41) is 7.08. The molecule has 0 saturated heterocycles. The van der Waals surface area contributed by atoms with Crippen molar-refractivity contribution in [2.24, 2.45) is 0 Å². The number of alkyl halides is 1. The summed E-state index contributed by atoms with van der Waals surface area (Å²) in [7, 11) is 0. The first kappa shape index (κ1) is 20.9. The van der Waals surface area contributed by atoms with E-state index in [0.29, 0.717) is 5.69 Å². The van der Waals surface area contributed by atoms with E-state index in [1.165, 1.54) is 17.8 Å². The molecule has 0 radical (unpaired) electrons. The molecule has 0 bridgehead atoms.